The Morgan fingerprint density at radius 2 is 1.95 bits per heavy atom. The van der Waals surface area contributed by atoms with Crippen LogP contribution in [0.25, 0.3) is 0 Å². The number of carbonyl (C=O) groups is 1. The zero-order chi connectivity index (χ0) is 15.4. The molecule has 0 fully saturated rings. The lowest BCUT2D eigenvalue weighted by atomic mass is 9.93. The van der Waals surface area contributed by atoms with Gasteiger partial charge in [-0.25, -0.2) is 4.79 Å². The Kier molecular flexibility index (Phi) is 5.00. The molecule has 1 amide bonds. The van der Waals surface area contributed by atoms with Crippen LogP contribution in [0, 0.1) is 0 Å². The van der Waals surface area contributed by atoms with Crippen molar-refractivity contribution in [1.82, 2.24) is 5.32 Å². The summed E-state index contributed by atoms with van der Waals surface area (Å²) in [7, 11) is 1.60. The normalized spacial score (nSPS) is 14.3. The van der Waals surface area contributed by atoms with Gasteiger partial charge in [-0.2, -0.15) is 0 Å². The number of methoxy groups -OCH3 is 1. The smallest absolute Gasteiger partial charge is 0.407 e. The van der Waals surface area contributed by atoms with Gasteiger partial charge in [-0.05, 0) is 45.4 Å². The molecule has 0 aliphatic carbocycles. The topological polar surface area (TPSA) is 73.6 Å². The average Bonchev–Trinajstić information content (AvgIpc) is 2.35. The van der Waals surface area contributed by atoms with Crippen molar-refractivity contribution in [2.45, 2.75) is 38.8 Å². The molecule has 0 bridgehead atoms. The number of rotatable bonds is 4. The zero-order valence-electron chi connectivity index (χ0n) is 12.8. The second-order valence-electron chi connectivity index (χ2n) is 6.00. The summed E-state index contributed by atoms with van der Waals surface area (Å²) in [4.78, 5) is 11.6. The molecular weight excluding hydrogens is 256 g/mol. The largest absolute Gasteiger partial charge is 0.497 e. The first-order valence-electron chi connectivity index (χ1n) is 6.54. The first-order chi connectivity index (χ1) is 9.14. The molecule has 0 radical (unpaired) electrons. The number of nitrogens with one attached hydrogen (secondary N) is 1. The van der Waals surface area contributed by atoms with Crippen LogP contribution in [-0.4, -0.2) is 25.3 Å². The third kappa shape index (κ3) is 5.09. The van der Waals surface area contributed by atoms with Crippen molar-refractivity contribution in [1.29, 1.82) is 0 Å². The Morgan fingerprint density at radius 1 is 1.30 bits per heavy atom. The molecule has 0 spiro atoms. The molecule has 0 saturated heterocycles. The minimum Gasteiger partial charge on any atom is -0.497 e. The Bertz CT molecular complexity index is 464. The lowest BCUT2D eigenvalue weighted by Crippen LogP contribution is -2.46. The third-order valence-electron chi connectivity index (χ3n) is 2.73. The molecule has 5 heteroatoms. The molecule has 0 aliphatic rings. The molecule has 1 rings (SSSR count). The van der Waals surface area contributed by atoms with Gasteiger partial charge in [0.15, 0.2) is 0 Å². The fraction of sp³-hybridized carbons (Fsp3) is 0.533. The van der Waals surface area contributed by atoms with E-state index in [1.165, 1.54) is 0 Å². The number of hydrogen-bond acceptors (Lipinski definition) is 4. The maximum atomic E-state index is 11.6. The summed E-state index contributed by atoms with van der Waals surface area (Å²) in [5.74, 6) is 0.733. The minimum absolute atomic E-state index is 0.273. The molecule has 1 aromatic rings. The van der Waals surface area contributed by atoms with Crippen LogP contribution < -0.4 is 15.8 Å². The summed E-state index contributed by atoms with van der Waals surface area (Å²) in [5.41, 5.74) is 5.90. The Balaban J connectivity index is 2.67. The van der Waals surface area contributed by atoms with E-state index in [1.54, 1.807) is 7.11 Å². The van der Waals surface area contributed by atoms with Crippen LogP contribution in [0.3, 0.4) is 0 Å². The molecule has 112 valence electrons. The van der Waals surface area contributed by atoms with Crippen LogP contribution in [0.2, 0.25) is 0 Å². The summed E-state index contributed by atoms with van der Waals surface area (Å²) in [5, 5.41) is 2.69. The van der Waals surface area contributed by atoms with Gasteiger partial charge in [0.1, 0.15) is 11.4 Å². The van der Waals surface area contributed by atoms with Crippen molar-refractivity contribution in [3.05, 3.63) is 29.8 Å². The standard InChI is InChI=1S/C15H24N2O3/c1-14(2,3)20-13(18)17-10-15(4,16)11-7-6-8-12(9-11)19-5/h6-9H,10,16H2,1-5H3,(H,17,18). The van der Waals surface area contributed by atoms with Gasteiger partial charge >= 0.3 is 6.09 Å². The molecule has 0 aromatic heterocycles. The minimum atomic E-state index is -0.703. The summed E-state index contributed by atoms with van der Waals surface area (Å²) >= 11 is 0. The van der Waals surface area contributed by atoms with E-state index < -0.39 is 17.2 Å². The third-order valence-corrected chi connectivity index (χ3v) is 2.73. The summed E-state index contributed by atoms with van der Waals surface area (Å²) in [6.45, 7) is 7.57. The first-order valence-corrected chi connectivity index (χ1v) is 6.54. The van der Waals surface area contributed by atoms with Crippen molar-refractivity contribution in [3.63, 3.8) is 0 Å². The van der Waals surface area contributed by atoms with Gasteiger partial charge in [0.05, 0.1) is 12.6 Å². The van der Waals surface area contributed by atoms with Crippen LogP contribution >= 0.6 is 0 Å². The Labute approximate surface area is 120 Å². The van der Waals surface area contributed by atoms with Crippen molar-refractivity contribution < 1.29 is 14.3 Å². The van der Waals surface area contributed by atoms with E-state index in [9.17, 15) is 4.79 Å². The van der Waals surface area contributed by atoms with E-state index >= 15 is 0 Å². The molecule has 1 unspecified atom stereocenters. The van der Waals surface area contributed by atoms with Crippen molar-refractivity contribution in [3.8, 4) is 5.75 Å². The van der Waals surface area contributed by atoms with Crippen molar-refractivity contribution in [2.75, 3.05) is 13.7 Å². The molecule has 5 nitrogen and oxygen atoms in total. The van der Waals surface area contributed by atoms with Crippen LogP contribution in [0.4, 0.5) is 4.79 Å². The molecule has 0 saturated carbocycles. The lowest BCUT2D eigenvalue weighted by molar-refractivity contribution is 0.0516. The highest BCUT2D eigenvalue weighted by Crippen LogP contribution is 2.21. The highest BCUT2D eigenvalue weighted by molar-refractivity contribution is 5.67. The highest BCUT2D eigenvalue weighted by atomic mass is 16.6. The lowest BCUT2D eigenvalue weighted by Gasteiger charge is -2.27. The number of benzene rings is 1. The highest BCUT2D eigenvalue weighted by Gasteiger charge is 2.24. The van der Waals surface area contributed by atoms with E-state index in [2.05, 4.69) is 5.32 Å². The van der Waals surface area contributed by atoms with Crippen molar-refractivity contribution in [2.24, 2.45) is 5.73 Å². The molecule has 20 heavy (non-hydrogen) atoms. The molecular formula is C15H24N2O3. The number of carbonyl (C=O) groups excluding carboxylic acids is 1. The summed E-state index contributed by atoms with van der Waals surface area (Å²) in [6.07, 6.45) is -0.475. The SMILES string of the molecule is COc1cccc(C(C)(N)CNC(=O)OC(C)(C)C)c1. The Morgan fingerprint density at radius 3 is 2.50 bits per heavy atom. The maximum Gasteiger partial charge on any atom is 0.407 e. The molecule has 1 aromatic carbocycles. The fourth-order valence-corrected chi connectivity index (χ4v) is 1.65. The number of hydrogen-bond donors (Lipinski definition) is 2. The number of amides is 1. The predicted molar refractivity (Wildman–Crippen MR) is 78.8 cm³/mol. The van der Waals surface area contributed by atoms with Gasteiger partial charge in [-0.15, -0.1) is 0 Å². The first kappa shape index (κ1) is 16.3. The van der Waals surface area contributed by atoms with Crippen LogP contribution in [0.1, 0.15) is 33.3 Å². The quantitative estimate of drug-likeness (QED) is 0.888. The fourth-order valence-electron chi connectivity index (χ4n) is 1.65. The van der Waals surface area contributed by atoms with E-state index in [0.717, 1.165) is 11.3 Å². The predicted octanol–water partition coefficient (Wildman–Crippen LogP) is 2.39. The van der Waals surface area contributed by atoms with E-state index in [4.69, 9.17) is 15.2 Å². The van der Waals surface area contributed by atoms with E-state index in [0.29, 0.717) is 0 Å². The summed E-state index contributed by atoms with van der Waals surface area (Å²) in [6, 6.07) is 7.48. The van der Waals surface area contributed by atoms with E-state index in [1.807, 2.05) is 52.0 Å². The van der Waals surface area contributed by atoms with Gasteiger partial charge < -0.3 is 20.5 Å². The van der Waals surface area contributed by atoms with Gasteiger partial charge in [-0.1, -0.05) is 12.1 Å². The molecule has 0 aliphatic heterocycles. The number of alkyl carbamates (subject to hydrolysis) is 1. The number of nitrogens with two attached hydrogens (primary N) is 1. The van der Waals surface area contributed by atoms with Gasteiger partial charge in [-0.3, -0.25) is 0 Å². The van der Waals surface area contributed by atoms with Crippen LogP contribution in [-0.2, 0) is 10.3 Å². The van der Waals surface area contributed by atoms with Gasteiger partial charge in [0.25, 0.3) is 0 Å². The molecule has 0 heterocycles. The average molecular weight is 280 g/mol. The van der Waals surface area contributed by atoms with Crippen LogP contribution in [0.5, 0.6) is 5.75 Å². The second-order valence-corrected chi connectivity index (χ2v) is 6.00. The summed E-state index contributed by atoms with van der Waals surface area (Å²) < 4.78 is 10.4. The maximum absolute atomic E-state index is 11.6. The van der Waals surface area contributed by atoms with Crippen LogP contribution in [0.15, 0.2) is 24.3 Å². The second kappa shape index (κ2) is 6.13. The van der Waals surface area contributed by atoms with Crippen molar-refractivity contribution >= 4 is 6.09 Å². The number of ether oxygens (including phenoxy) is 2. The molecule has 1 atom stereocenters. The van der Waals surface area contributed by atoms with Gasteiger partial charge in [0.2, 0.25) is 0 Å². The van der Waals surface area contributed by atoms with E-state index in [-0.39, 0.29) is 6.54 Å². The Hall–Kier alpha value is -1.75. The zero-order valence-corrected chi connectivity index (χ0v) is 12.8. The monoisotopic (exact) mass is 280 g/mol. The molecule has 3 N–H and O–H groups in total. The van der Waals surface area contributed by atoms with Gasteiger partial charge in [0, 0.05) is 6.54 Å².